The molecule has 0 aliphatic carbocycles. The summed E-state index contributed by atoms with van der Waals surface area (Å²) in [6.45, 7) is 1.39. The molecule has 0 fully saturated rings. The fourth-order valence-electron chi connectivity index (χ4n) is 1.84. The number of nitrogens with zero attached hydrogens (tertiary/aromatic N) is 2. The second-order valence-corrected chi connectivity index (χ2v) is 6.05. The summed E-state index contributed by atoms with van der Waals surface area (Å²) in [5.41, 5.74) is 12.1. The quantitative estimate of drug-likeness (QED) is 0.368. The van der Waals surface area contributed by atoms with Gasteiger partial charge in [-0.3, -0.25) is 4.79 Å². The number of hydrogen-bond acceptors (Lipinski definition) is 5. The van der Waals surface area contributed by atoms with E-state index >= 15 is 0 Å². The van der Waals surface area contributed by atoms with Gasteiger partial charge in [0.05, 0.1) is 23.4 Å². The Bertz CT molecular complexity index is 865. The van der Waals surface area contributed by atoms with Crippen molar-refractivity contribution in [2.24, 2.45) is 21.7 Å². The summed E-state index contributed by atoms with van der Waals surface area (Å²) in [4.78, 5) is 9.00. The Morgan fingerprint density at radius 2 is 1.82 bits per heavy atom. The Hall–Kier alpha value is -2.97. The first kappa shape index (κ1) is 23.1. The van der Waals surface area contributed by atoms with Gasteiger partial charge in [0.1, 0.15) is 6.61 Å². The number of methoxy groups -OCH3 is 1. The van der Waals surface area contributed by atoms with Crippen molar-refractivity contribution in [2.45, 2.75) is 13.5 Å². The smallest absolute Gasteiger partial charge is 0.300 e. The minimum atomic E-state index is -0.833. The van der Waals surface area contributed by atoms with Crippen LogP contribution < -0.4 is 20.9 Å². The molecule has 0 amide bonds. The largest absolute Gasteiger partial charge is 0.493 e. The van der Waals surface area contributed by atoms with Crippen LogP contribution in [0.15, 0.2) is 46.6 Å². The summed E-state index contributed by atoms with van der Waals surface area (Å²) in [6.07, 6.45) is 1.51. The summed E-state index contributed by atoms with van der Waals surface area (Å²) in [6, 6.07) is 10.6. The number of benzene rings is 2. The number of hydrogen-bond donors (Lipinski definition) is 3. The normalized spacial score (nSPS) is 10.0. The molecule has 150 valence electrons. The van der Waals surface area contributed by atoms with Crippen LogP contribution in [0.2, 0.25) is 10.0 Å². The lowest BCUT2D eigenvalue weighted by atomic mass is 10.2. The van der Waals surface area contributed by atoms with Crippen LogP contribution in [0.25, 0.3) is 0 Å². The van der Waals surface area contributed by atoms with E-state index in [9.17, 15) is 0 Å². The highest BCUT2D eigenvalue weighted by Gasteiger charge is 2.07. The van der Waals surface area contributed by atoms with Gasteiger partial charge in [-0.25, -0.2) is 0 Å². The van der Waals surface area contributed by atoms with Crippen molar-refractivity contribution >= 4 is 41.3 Å². The standard InChI is InChI=1S/C16H16Cl2N4O2.C2H4O2/c1-23-14-5-3-10(8-21-22-16(19)20)7-15(14)24-9-11-2-4-12(17)13(18)6-11;1-2(3)4/h2-8H,9H2,1H3,(H4,19,20,22);1H3,(H,3,4). The molecule has 0 heterocycles. The highest BCUT2D eigenvalue weighted by atomic mass is 35.5. The third-order valence-electron chi connectivity index (χ3n) is 2.95. The third-order valence-corrected chi connectivity index (χ3v) is 3.69. The molecule has 0 saturated heterocycles. The number of carbonyl (C=O) groups is 1. The molecule has 0 unspecified atom stereocenters. The molecule has 8 nitrogen and oxygen atoms in total. The van der Waals surface area contributed by atoms with Crippen molar-refractivity contribution < 1.29 is 19.4 Å². The van der Waals surface area contributed by atoms with Crippen LogP contribution in [-0.4, -0.2) is 30.4 Å². The zero-order chi connectivity index (χ0) is 21.1. The molecule has 10 heteroatoms. The van der Waals surface area contributed by atoms with Crippen LogP contribution in [0.5, 0.6) is 11.5 Å². The predicted octanol–water partition coefficient (Wildman–Crippen LogP) is 3.28. The summed E-state index contributed by atoms with van der Waals surface area (Å²) < 4.78 is 11.1. The number of ether oxygens (including phenoxy) is 2. The first-order valence-corrected chi connectivity index (χ1v) is 8.54. The van der Waals surface area contributed by atoms with Crippen molar-refractivity contribution in [3.05, 3.63) is 57.6 Å². The van der Waals surface area contributed by atoms with Crippen molar-refractivity contribution in [1.29, 1.82) is 0 Å². The second-order valence-electron chi connectivity index (χ2n) is 5.24. The van der Waals surface area contributed by atoms with Gasteiger partial charge in [0.2, 0.25) is 5.96 Å². The Morgan fingerprint density at radius 3 is 2.39 bits per heavy atom. The molecular formula is C18H20Cl2N4O4. The Morgan fingerprint density at radius 1 is 1.14 bits per heavy atom. The van der Waals surface area contributed by atoms with E-state index in [-0.39, 0.29) is 5.96 Å². The van der Waals surface area contributed by atoms with Crippen LogP contribution in [0, 0.1) is 0 Å². The molecule has 0 bridgehead atoms. The van der Waals surface area contributed by atoms with Crippen LogP contribution in [-0.2, 0) is 11.4 Å². The molecule has 0 atom stereocenters. The first-order valence-electron chi connectivity index (χ1n) is 7.79. The van der Waals surface area contributed by atoms with Crippen molar-refractivity contribution in [3.8, 4) is 11.5 Å². The summed E-state index contributed by atoms with van der Waals surface area (Å²) in [7, 11) is 1.56. The lowest BCUT2D eigenvalue weighted by molar-refractivity contribution is -0.134. The first-order chi connectivity index (χ1) is 13.2. The van der Waals surface area contributed by atoms with E-state index in [0.717, 1.165) is 18.1 Å². The number of rotatable bonds is 6. The number of guanidine groups is 1. The predicted molar refractivity (Wildman–Crippen MR) is 111 cm³/mol. The van der Waals surface area contributed by atoms with Gasteiger partial charge in [0.25, 0.3) is 5.97 Å². The fraction of sp³-hybridized carbons (Fsp3) is 0.167. The van der Waals surface area contributed by atoms with E-state index < -0.39 is 5.97 Å². The molecule has 5 N–H and O–H groups in total. The molecular weight excluding hydrogens is 407 g/mol. The maximum absolute atomic E-state index is 9.00. The van der Waals surface area contributed by atoms with Gasteiger partial charge in [-0.2, -0.15) is 5.10 Å². The molecule has 28 heavy (non-hydrogen) atoms. The number of halogens is 2. The summed E-state index contributed by atoms with van der Waals surface area (Å²) in [5, 5.41) is 15.7. The minimum Gasteiger partial charge on any atom is -0.493 e. The van der Waals surface area contributed by atoms with E-state index in [0.29, 0.717) is 28.2 Å². The van der Waals surface area contributed by atoms with Crippen molar-refractivity contribution in [3.63, 3.8) is 0 Å². The molecule has 2 rings (SSSR count). The fourth-order valence-corrected chi connectivity index (χ4v) is 2.16. The SMILES string of the molecule is CC(=O)O.COc1ccc(C=NN=C(N)N)cc1OCc1ccc(Cl)c(Cl)c1. The minimum absolute atomic E-state index is 0.115. The number of carboxylic acids is 1. The maximum atomic E-state index is 9.00. The van der Waals surface area contributed by atoms with E-state index in [4.69, 9.17) is 54.0 Å². The van der Waals surface area contributed by atoms with Crippen LogP contribution in [0.3, 0.4) is 0 Å². The average molecular weight is 427 g/mol. The Kier molecular flexibility index (Phi) is 9.63. The molecule has 0 spiro atoms. The van der Waals surface area contributed by atoms with Crippen molar-refractivity contribution in [2.75, 3.05) is 7.11 Å². The highest BCUT2D eigenvalue weighted by molar-refractivity contribution is 6.42. The second kappa shape index (κ2) is 11.7. The number of nitrogens with two attached hydrogens (primary N) is 2. The molecule has 2 aromatic rings. The number of aliphatic carboxylic acids is 1. The molecule has 0 aromatic heterocycles. The zero-order valence-electron chi connectivity index (χ0n) is 15.2. The molecule has 0 saturated carbocycles. The van der Waals surface area contributed by atoms with Gasteiger partial charge in [-0.05, 0) is 41.5 Å². The average Bonchev–Trinajstić information content (AvgIpc) is 2.62. The van der Waals surface area contributed by atoms with Crippen molar-refractivity contribution in [1.82, 2.24) is 0 Å². The van der Waals surface area contributed by atoms with Gasteiger partial charge in [-0.15, -0.1) is 5.10 Å². The van der Waals surface area contributed by atoms with Gasteiger partial charge < -0.3 is 26.0 Å². The van der Waals surface area contributed by atoms with Gasteiger partial charge in [0, 0.05) is 6.92 Å². The van der Waals surface area contributed by atoms with E-state index in [1.807, 2.05) is 6.07 Å². The molecule has 0 radical (unpaired) electrons. The molecule has 0 aliphatic rings. The Balaban J connectivity index is 0.000000892. The summed E-state index contributed by atoms with van der Waals surface area (Å²) >= 11 is 11.9. The van der Waals surface area contributed by atoms with Gasteiger partial charge in [0.15, 0.2) is 11.5 Å². The van der Waals surface area contributed by atoms with E-state index in [2.05, 4.69) is 10.2 Å². The highest BCUT2D eigenvalue weighted by Crippen LogP contribution is 2.29. The maximum Gasteiger partial charge on any atom is 0.300 e. The van der Waals surface area contributed by atoms with Gasteiger partial charge in [-0.1, -0.05) is 29.3 Å². The van der Waals surface area contributed by atoms with Crippen LogP contribution in [0.1, 0.15) is 18.1 Å². The topological polar surface area (TPSA) is 133 Å². The molecule has 0 aliphatic heterocycles. The van der Waals surface area contributed by atoms with Crippen LogP contribution in [0.4, 0.5) is 0 Å². The lowest BCUT2D eigenvalue weighted by Crippen LogP contribution is -2.21. The zero-order valence-corrected chi connectivity index (χ0v) is 16.7. The van der Waals surface area contributed by atoms with E-state index in [1.54, 1.807) is 37.4 Å². The van der Waals surface area contributed by atoms with E-state index in [1.165, 1.54) is 6.21 Å². The van der Waals surface area contributed by atoms with Crippen LogP contribution >= 0.6 is 23.2 Å². The lowest BCUT2D eigenvalue weighted by Gasteiger charge is -2.11. The Labute approximate surface area is 172 Å². The van der Waals surface area contributed by atoms with Gasteiger partial charge >= 0.3 is 0 Å². The number of carboxylic acid groups (broad SMARTS) is 1. The summed E-state index contributed by atoms with van der Waals surface area (Å²) in [5.74, 6) is 0.196. The molecule has 2 aromatic carbocycles. The monoisotopic (exact) mass is 426 g/mol. The third kappa shape index (κ3) is 8.61.